The van der Waals surface area contributed by atoms with Crippen molar-refractivity contribution >= 4 is 87.4 Å². The van der Waals surface area contributed by atoms with Gasteiger partial charge in [-0.1, -0.05) is 141 Å². The first kappa shape index (κ1) is 39.2. The number of benzene rings is 10. The number of hydrogen-bond donors (Lipinski definition) is 0. The number of nitrogens with zero attached hydrogens (tertiary/aromatic N) is 3. The standard InChI is InChI=1S/C63H45N3S/c1-63(2)57-27-15-12-24-51(57)52-33-31-48(41-58(52)63)65(45-20-8-4-9-21-45)50-37-43(42-30-34-60-55(38-42)53-25-13-16-28-59(53)66(60)46-22-10-5-11-23-46)36-49(39-50)64(44-18-6-3-7-19-44)47-32-35-62-56(40-47)54-26-14-17-29-61(54)67-62/h3-41H,1-2H3. The third-order valence-electron chi connectivity index (χ3n) is 13.9. The van der Waals surface area contributed by atoms with Gasteiger partial charge in [0.1, 0.15) is 0 Å². The van der Waals surface area contributed by atoms with Crippen molar-refractivity contribution in [3.05, 3.63) is 248 Å². The molecule has 2 aromatic heterocycles. The second-order valence-corrected chi connectivity index (χ2v) is 19.3. The molecule has 0 radical (unpaired) electrons. The molecule has 0 bridgehead atoms. The number of para-hydroxylation sites is 4. The second kappa shape index (κ2) is 15.5. The summed E-state index contributed by atoms with van der Waals surface area (Å²) in [6, 6.07) is 87.1. The van der Waals surface area contributed by atoms with E-state index in [4.69, 9.17) is 0 Å². The van der Waals surface area contributed by atoms with Crippen LogP contribution in [0.2, 0.25) is 0 Å². The van der Waals surface area contributed by atoms with Gasteiger partial charge < -0.3 is 14.4 Å². The van der Waals surface area contributed by atoms with Crippen LogP contribution in [0, 0.1) is 0 Å². The van der Waals surface area contributed by atoms with Crippen LogP contribution in [0.4, 0.5) is 34.1 Å². The van der Waals surface area contributed by atoms with Gasteiger partial charge in [-0.05, 0) is 143 Å². The van der Waals surface area contributed by atoms with Crippen molar-refractivity contribution in [3.63, 3.8) is 0 Å². The molecule has 0 atom stereocenters. The van der Waals surface area contributed by atoms with Crippen LogP contribution in [0.1, 0.15) is 25.0 Å². The van der Waals surface area contributed by atoms with Crippen molar-refractivity contribution in [2.24, 2.45) is 0 Å². The molecule has 67 heavy (non-hydrogen) atoms. The quantitative estimate of drug-likeness (QED) is 0.151. The largest absolute Gasteiger partial charge is 0.310 e. The summed E-state index contributed by atoms with van der Waals surface area (Å²) >= 11 is 1.85. The van der Waals surface area contributed by atoms with Gasteiger partial charge in [-0.15, -0.1) is 11.3 Å². The second-order valence-electron chi connectivity index (χ2n) is 18.2. The van der Waals surface area contributed by atoms with E-state index in [9.17, 15) is 0 Å². The Morgan fingerprint density at radius 3 is 1.66 bits per heavy atom. The molecule has 12 aromatic rings. The topological polar surface area (TPSA) is 11.4 Å². The van der Waals surface area contributed by atoms with Gasteiger partial charge in [-0.25, -0.2) is 0 Å². The van der Waals surface area contributed by atoms with Crippen LogP contribution < -0.4 is 9.80 Å². The van der Waals surface area contributed by atoms with E-state index >= 15 is 0 Å². The zero-order chi connectivity index (χ0) is 44.6. The summed E-state index contributed by atoms with van der Waals surface area (Å²) < 4.78 is 4.98. The lowest BCUT2D eigenvalue weighted by Gasteiger charge is -2.31. The SMILES string of the molecule is CC1(C)c2ccccc2-c2ccc(N(c3ccccc3)c3cc(-c4ccc5c(c4)c4ccccc4n5-c4ccccc4)cc(N(c4ccccc4)c4ccc5sc6ccccc6c5c4)c3)cc21. The van der Waals surface area contributed by atoms with E-state index in [0.29, 0.717) is 0 Å². The molecule has 0 amide bonds. The van der Waals surface area contributed by atoms with Gasteiger partial charge in [0.05, 0.1) is 11.0 Å². The molecule has 0 saturated heterocycles. The lowest BCUT2D eigenvalue weighted by molar-refractivity contribution is 0.660. The summed E-state index contributed by atoms with van der Waals surface area (Å²) in [5, 5.41) is 5.00. The smallest absolute Gasteiger partial charge is 0.0541 e. The Kier molecular flexibility index (Phi) is 9.06. The van der Waals surface area contributed by atoms with E-state index in [1.54, 1.807) is 0 Å². The van der Waals surface area contributed by atoms with Crippen LogP contribution in [-0.2, 0) is 5.41 Å². The van der Waals surface area contributed by atoms with E-state index in [1.165, 1.54) is 64.2 Å². The van der Waals surface area contributed by atoms with E-state index in [2.05, 4.69) is 265 Å². The molecular formula is C63H45N3S. The Labute approximate surface area is 394 Å². The minimum absolute atomic E-state index is 0.153. The van der Waals surface area contributed by atoms with Crippen molar-refractivity contribution in [2.75, 3.05) is 9.80 Å². The van der Waals surface area contributed by atoms with Gasteiger partial charge in [-0.3, -0.25) is 0 Å². The first-order valence-electron chi connectivity index (χ1n) is 23.1. The van der Waals surface area contributed by atoms with Gasteiger partial charge in [0, 0.05) is 76.2 Å². The first-order chi connectivity index (χ1) is 33.0. The van der Waals surface area contributed by atoms with Gasteiger partial charge >= 0.3 is 0 Å². The molecule has 4 heteroatoms. The van der Waals surface area contributed by atoms with Crippen molar-refractivity contribution in [3.8, 4) is 27.9 Å². The number of rotatable bonds is 8. The maximum atomic E-state index is 2.45. The Morgan fingerprint density at radius 1 is 0.343 bits per heavy atom. The normalized spacial score (nSPS) is 12.7. The molecule has 0 unspecified atom stereocenters. The third kappa shape index (κ3) is 6.40. The molecule has 0 aliphatic heterocycles. The van der Waals surface area contributed by atoms with Gasteiger partial charge in [0.25, 0.3) is 0 Å². The summed E-state index contributed by atoms with van der Waals surface area (Å²) in [6.07, 6.45) is 0. The highest BCUT2D eigenvalue weighted by Gasteiger charge is 2.36. The first-order valence-corrected chi connectivity index (χ1v) is 23.9. The molecule has 0 N–H and O–H groups in total. The molecule has 1 aliphatic rings. The average Bonchev–Trinajstić information content (AvgIpc) is 4.00. The molecule has 3 nitrogen and oxygen atoms in total. The minimum Gasteiger partial charge on any atom is -0.310 e. The molecule has 0 saturated carbocycles. The Balaban J connectivity index is 1.07. The van der Waals surface area contributed by atoms with Gasteiger partial charge in [0.15, 0.2) is 0 Å². The van der Waals surface area contributed by atoms with E-state index < -0.39 is 0 Å². The molecular weight excluding hydrogens is 831 g/mol. The summed E-state index contributed by atoms with van der Waals surface area (Å²) in [5.74, 6) is 0. The third-order valence-corrected chi connectivity index (χ3v) is 15.1. The molecule has 13 rings (SSSR count). The highest BCUT2D eigenvalue weighted by Crippen LogP contribution is 2.52. The molecule has 1 aliphatic carbocycles. The van der Waals surface area contributed by atoms with Crippen LogP contribution >= 0.6 is 11.3 Å². The van der Waals surface area contributed by atoms with E-state index in [1.807, 2.05) is 11.3 Å². The fourth-order valence-corrected chi connectivity index (χ4v) is 11.8. The summed E-state index contributed by atoms with van der Waals surface area (Å²) in [4.78, 5) is 4.88. The minimum atomic E-state index is -0.153. The Morgan fingerprint density at radius 2 is 0.910 bits per heavy atom. The number of fused-ring (bicyclic) bond motifs is 9. The predicted molar refractivity (Wildman–Crippen MR) is 286 cm³/mol. The summed E-state index contributed by atoms with van der Waals surface area (Å²) in [5.41, 5.74) is 17.5. The average molecular weight is 876 g/mol. The van der Waals surface area contributed by atoms with E-state index in [-0.39, 0.29) is 5.41 Å². The zero-order valence-electron chi connectivity index (χ0n) is 37.3. The van der Waals surface area contributed by atoms with Crippen molar-refractivity contribution in [2.45, 2.75) is 19.3 Å². The molecule has 318 valence electrons. The lowest BCUT2D eigenvalue weighted by atomic mass is 9.82. The van der Waals surface area contributed by atoms with Crippen LogP contribution in [0.3, 0.4) is 0 Å². The molecule has 10 aromatic carbocycles. The molecule has 2 heterocycles. The van der Waals surface area contributed by atoms with Gasteiger partial charge in [-0.2, -0.15) is 0 Å². The monoisotopic (exact) mass is 875 g/mol. The predicted octanol–water partition coefficient (Wildman–Crippen LogP) is 18.1. The number of anilines is 6. The number of hydrogen-bond acceptors (Lipinski definition) is 3. The zero-order valence-corrected chi connectivity index (χ0v) is 38.1. The van der Waals surface area contributed by atoms with E-state index in [0.717, 1.165) is 50.9 Å². The van der Waals surface area contributed by atoms with Crippen LogP contribution in [0.25, 0.3) is 69.9 Å². The number of thiophene rings is 1. The van der Waals surface area contributed by atoms with Crippen molar-refractivity contribution in [1.82, 2.24) is 4.57 Å². The fraction of sp³-hybridized carbons (Fsp3) is 0.0476. The maximum Gasteiger partial charge on any atom is 0.0541 e. The highest BCUT2D eigenvalue weighted by molar-refractivity contribution is 7.25. The maximum absolute atomic E-state index is 2.45. The summed E-state index contributed by atoms with van der Waals surface area (Å²) in [7, 11) is 0. The molecule has 0 fully saturated rings. The highest BCUT2D eigenvalue weighted by atomic mass is 32.1. The Hall–Kier alpha value is -8.18. The van der Waals surface area contributed by atoms with Crippen LogP contribution in [0.15, 0.2) is 237 Å². The van der Waals surface area contributed by atoms with Crippen LogP contribution in [-0.4, -0.2) is 4.57 Å². The lowest BCUT2D eigenvalue weighted by Crippen LogP contribution is -2.17. The fourth-order valence-electron chi connectivity index (χ4n) is 10.8. The molecule has 0 spiro atoms. The van der Waals surface area contributed by atoms with Crippen molar-refractivity contribution < 1.29 is 0 Å². The summed E-state index contributed by atoms with van der Waals surface area (Å²) in [6.45, 7) is 4.73. The van der Waals surface area contributed by atoms with Crippen LogP contribution in [0.5, 0.6) is 0 Å². The number of aromatic nitrogens is 1. The Bertz CT molecular complexity index is 3850. The van der Waals surface area contributed by atoms with Gasteiger partial charge in [0.2, 0.25) is 0 Å². The van der Waals surface area contributed by atoms with Crippen molar-refractivity contribution in [1.29, 1.82) is 0 Å².